The zero-order valence-electron chi connectivity index (χ0n) is 10.1. The van der Waals surface area contributed by atoms with Gasteiger partial charge in [-0.05, 0) is 12.1 Å². The molecule has 1 aliphatic rings. The molecule has 1 unspecified atom stereocenters. The van der Waals surface area contributed by atoms with Gasteiger partial charge in [0.15, 0.2) is 0 Å². The minimum absolute atomic E-state index is 0.0388. The number of nitrogens with zero attached hydrogens (tertiary/aromatic N) is 3. The van der Waals surface area contributed by atoms with Crippen LogP contribution in [0.1, 0.15) is 12.1 Å². The first-order valence-electron chi connectivity index (χ1n) is 5.71. The van der Waals surface area contributed by atoms with Crippen LogP contribution in [0.25, 0.3) is 0 Å². The summed E-state index contributed by atoms with van der Waals surface area (Å²) in [5.74, 6) is -0.894. The van der Waals surface area contributed by atoms with E-state index in [1.807, 2.05) is 12.1 Å². The van der Waals surface area contributed by atoms with Crippen LogP contribution in [0.4, 0.5) is 4.79 Å². The summed E-state index contributed by atoms with van der Waals surface area (Å²) in [5.41, 5.74) is 0.761. The molecular weight excluding hydrogens is 234 g/mol. The van der Waals surface area contributed by atoms with Crippen molar-refractivity contribution in [2.24, 2.45) is 0 Å². The molecule has 1 fully saturated rings. The molecule has 2 heterocycles. The first kappa shape index (κ1) is 12.3. The number of urea groups is 1. The van der Waals surface area contributed by atoms with E-state index in [0.29, 0.717) is 13.1 Å². The molecule has 6 nitrogen and oxygen atoms in total. The third kappa shape index (κ3) is 2.58. The van der Waals surface area contributed by atoms with Gasteiger partial charge in [-0.15, -0.1) is 0 Å². The van der Waals surface area contributed by atoms with Crippen LogP contribution in [0.2, 0.25) is 0 Å². The Morgan fingerprint density at radius 1 is 1.56 bits per heavy atom. The number of hydrogen-bond donors (Lipinski definition) is 1. The summed E-state index contributed by atoms with van der Waals surface area (Å²) in [4.78, 5) is 30.0. The van der Waals surface area contributed by atoms with Crippen LogP contribution in [0.15, 0.2) is 24.4 Å². The predicted molar refractivity (Wildman–Crippen MR) is 63.8 cm³/mol. The van der Waals surface area contributed by atoms with Gasteiger partial charge in [-0.2, -0.15) is 0 Å². The minimum Gasteiger partial charge on any atom is -0.481 e. The van der Waals surface area contributed by atoms with Gasteiger partial charge >= 0.3 is 12.0 Å². The van der Waals surface area contributed by atoms with Gasteiger partial charge in [0.1, 0.15) is 0 Å². The van der Waals surface area contributed by atoms with E-state index in [2.05, 4.69) is 4.98 Å². The molecule has 1 atom stereocenters. The first-order valence-corrected chi connectivity index (χ1v) is 5.71. The van der Waals surface area contributed by atoms with Crippen molar-refractivity contribution in [2.75, 3.05) is 13.6 Å². The largest absolute Gasteiger partial charge is 0.481 e. The number of pyridine rings is 1. The highest BCUT2D eigenvalue weighted by Gasteiger charge is 2.36. The van der Waals surface area contributed by atoms with E-state index in [4.69, 9.17) is 5.11 Å². The Bertz CT molecular complexity index is 449. The van der Waals surface area contributed by atoms with Crippen LogP contribution < -0.4 is 0 Å². The van der Waals surface area contributed by atoms with Crippen LogP contribution in [-0.2, 0) is 11.3 Å². The van der Waals surface area contributed by atoms with Crippen LogP contribution in [0, 0.1) is 0 Å². The first-order chi connectivity index (χ1) is 8.58. The van der Waals surface area contributed by atoms with E-state index in [9.17, 15) is 9.59 Å². The van der Waals surface area contributed by atoms with Crippen molar-refractivity contribution < 1.29 is 14.7 Å². The quantitative estimate of drug-likeness (QED) is 0.856. The molecule has 0 radical (unpaired) electrons. The fourth-order valence-electron chi connectivity index (χ4n) is 2.11. The number of aromatic nitrogens is 1. The van der Waals surface area contributed by atoms with Gasteiger partial charge in [-0.25, -0.2) is 4.79 Å². The maximum Gasteiger partial charge on any atom is 0.320 e. The molecule has 0 bridgehead atoms. The fourth-order valence-corrected chi connectivity index (χ4v) is 2.11. The molecule has 1 saturated heterocycles. The number of rotatable bonds is 4. The van der Waals surface area contributed by atoms with Crippen molar-refractivity contribution >= 4 is 12.0 Å². The Balaban J connectivity index is 2.12. The highest BCUT2D eigenvalue weighted by Crippen LogP contribution is 2.19. The van der Waals surface area contributed by atoms with E-state index >= 15 is 0 Å². The number of aliphatic carboxylic acids is 1. The summed E-state index contributed by atoms with van der Waals surface area (Å²) in [5, 5.41) is 8.86. The normalized spacial score (nSPS) is 19.4. The Morgan fingerprint density at radius 2 is 2.33 bits per heavy atom. The number of likely N-dealkylation sites (N-methyl/N-ethyl adjacent to an activating group) is 1. The number of carboxylic acids is 1. The third-order valence-electron chi connectivity index (χ3n) is 2.97. The van der Waals surface area contributed by atoms with E-state index in [-0.39, 0.29) is 18.5 Å². The molecule has 2 amide bonds. The Labute approximate surface area is 105 Å². The Morgan fingerprint density at radius 3 is 2.94 bits per heavy atom. The molecular formula is C12H15N3O3. The number of carboxylic acid groups (broad SMARTS) is 1. The van der Waals surface area contributed by atoms with E-state index < -0.39 is 5.97 Å². The van der Waals surface area contributed by atoms with Crippen molar-refractivity contribution in [3.8, 4) is 0 Å². The van der Waals surface area contributed by atoms with Gasteiger partial charge in [0, 0.05) is 19.8 Å². The lowest BCUT2D eigenvalue weighted by Crippen LogP contribution is -2.35. The molecule has 2 rings (SSSR count). The second-order valence-corrected chi connectivity index (χ2v) is 4.36. The van der Waals surface area contributed by atoms with Crippen molar-refractivity contribution in [1.82, 2.24) is 14.8 Å². The van der Waals surface area contributed by atoms with Crippen molar-refractivity contribution in [3.05, 3.63) is 30.1 Å². The summed E-state index contributed by atoms with van der Waals surface area (Å²) in [6.45, 7) is 0.792. The summed E-state index contributed by atoms with van der Waals surface area (Å²) in [7, 11) is 1.68. The molecule has 96 valence electrons. The maximum absolute atomic E-state index is 11.9. The molecule has 1 aliphatic heterocycles. The number of carbonyl (C=O) groups is 2. The molecule has 1 aromatic heterocycles. The van der Waals surface area contributed by atoms with Crippen molar-refractivity contribution in [2.45, 2.75) is 19.0 Å². The SMILES string of the molecule is CN1CC(CC(=O)O)N(Cc2ccccn2)C1=O. The predicted octanol–water partition coefficient (Wildman–Crippen LogP) is 0.792. The van der Waals surface area contributed by atoms with Gasteiger partial charge in [0.2, 0.25) is 0 Å². The van der Waals surface area contributed by atoms with Crippen molar-refractivity contribution in [3.63, 3.8) is 0 Å². The summed E-state index contributed by atoms with van der Waals surface area (Å²) >= 11 is 0. The fraction of sp³-hybridized carbons (Fsp3) is 0.417. The highest BCUT2D eigenvalue weighted by molar-refractivity contribution is 5.78. The molecule has 1 N–H and O–H groups in total. The molecule has 0 aromatic carbocycles. The van der Waals surface area contributed by atoms with Crippen molar-refractivity contribution in [1.29, 1.82) is 0 Å². The molecule has 1 aromatic rings. The number of carbonyl (C=O) groups excluding carboxylic acids is 1. The minimum atomic E-state index is -0.894. The maximum atomic E-state index is 11.9. The number of hydrogen-bond acceptors (Lipinski definition) is 3. The summed E-state index contributed by atoms with van der Waals surface area (Å²) < 4.78 is 0. The van der Waals surface area contributed by atoms with E-state index in [1.165, 1.54) is 4.90 Å². The lowest BCUT2D eigenvalue weighted by Gasteiger charge is -2.21. The standard InChI is InChI=1S/C12H15N3O3/c1-14-8-10(6-11(16)17)15(12(14)18)7-9-4-2-3-5-13-9/h2-5,10H,6-8H2,1H3,(H,16,17). The van der Waals surface area contributed by atoms with Gasteiger partial charge in [0.05, 0.1) is 24.7 Å². The Kier molecular flexibility index (Phi) is 3.45. The van der Waals surface area contributed by atoms with E-state index in [0.717, 1.165) is 5.69 Å². The summed E-state index contributed by atoms with van der Waals surface area (Å²) in [6.07, 6.45) is 1.62. The van der Waals surface area contributed by atoms with Gasteiger partial charge < -0.3 is 14.9 Å². The molecule has 0 spiro atoms. The van der Waals surface area contributed by atoms with Crippen LogP contribution in [0.3, 0.4) is 0 Å². The second-order valence-electron chi connectivity index (χ2n) is 4.36. The van der Waals surface area contributed by atoms with Gasteiger partial charge in [0.25, 0.3) is 0 Å². The second kappa shape index (κ2) is 5.03. The summed E-state index contributed by atoms with van der Waals surface area (Å²) in [6, 6.07) is 5.03. The Hall–Kier alpha value is -2.11. The lowest BCUT2D eigenvalue weighted by atomic mass is 10.2. The van der Waals surface area contributed by atoms with E-state index in [1.54, 1.807) is 24.2 Å². The monoisotopic (exact) mass is 249 g/mol. The topological polar surface area (TPSA) is 73.7 Å². The number of amides is 2. The average molecular weight is 249 g/mol. The molecule has 18 heavy (non-hydrogen) atoms. The lowest BCUT2D eigenvalue weighted by molar-refractivity contribution is -0.138. The van der Waals surface area contributed by atoms with Crippen LogP contribution in [0.5, 0.6) is 0 Å². The molecule has 0 saturated carbocycles. The molecule has 6 heteroatoms. The smallest absolute Gasteiger partial charge is 0.320 e. The van der Waals surface area contributed by atoms with Gasteiger partial charge in [-0.1, -0.05) is 6.07 Å². The average Bonchev–Trinajstić information content (AvgIpc) is 2.58. The van der Waals surface area contributed by atoms with Crippen LogP contribution >= 0.6 is 0 Å². The highest BCUT2D eigenvalue weighted by atomic mass is 16.4. The zero-order chi connectivity index (χ0) is 13.1. The molecule has 0 aliphatic carbocycles. The van der Waals surface area contributed by atoms with Crippen LogP contribution in [-0.4, -0.2) is 51.5 Å². The van der Waals surface area contributed by atoms with Gasteiger partial charge in [-0.3, -0.25) is 9.78 Å². The zero-order valence-corrected chi connectivity index (χ0v) is 10.1. The third-order valence-corrected chi connectivity index (χ3v) is 2.97.